The van der Waals surface area contributed by atoms with Crippen molar-refractivity contribution in [3.63, 3.8) is 0 Å². The lowest BCUT2D eigenvalue weighted by molar-refractivity contribution is -0.112. The van der Waals surface area contributed by atoms with Gasteiger partial charge in [0.1, 0.15) is 0 Å². The predicted molar refractivity (Wildman–Crippen MR) is 48.5 cm³/mol. The van der Waals surface area contributed by atoms with E-state index in [9.17, 15) is 4.79 Å². The molecule has 0 unspecified atom stereocenters. The number of allylic oxidation sites excluding steroid dienone is 3. The van der Waals surface area contributed by atoms with Crippen LogP contribution >= 0.6 is 0 Å². The van der Waals surface area contributed by atoms with Crippen LogP contribution in [0.2, 0.25) is 0 Å². The average molecular weight is 152 g/mol. The molecule has 0 atom stereocenters. The molecule has 0 fully saturated rings. The van der Waals surface area contributed by atoms with Crippen molar-refractivity contribution in [1.82, 2.24) is 0 Å². The van der Waals surface area contributed by atoms with Crippen LogP contribution in [0.15, 0.2) is 24.3 Å². The third-order valence-electron chi connectivity index (χ3n) is 1.33. The summed E-state index contributed by atoms with van der Waals surface area (Å²) in [6.45, 7) is 7.38. The molecule has 0 aromatic carbocycles. The topological polar surface area (TPSA) is 17.1 Å². The van der Waals surface area contributed by atoms with Gasteiger partial charge in [0.15, 0.2) is 5.78 Å². The molecule has 0 bridgehead atoms. The van der Waals surface area contributed by atoms with Gasteiger partial charge in [-0.1, -0.05) is 11.6 Å². The van der Waals surface area contributed by atoms with E-state index in [1.807, 2.05) is 13.0 Å². The molecule has 0 aromatic rings. The molecule has 0 saturated carbocycles. The summed E-state index contributed by atoms with van der Waals surface area (Å²) in [4.78, 5) is 10.4. The summed E-state index contributed by atoms with van der Waals surface area (Å²) in [7, 11) is 0. The molecule has 0 aliphatic carbocycles. The van der Waals surface area contributed by atoms with Crippen LogP contribution in [0.4, 0.5) is 0 Å². The number of carbonyl (C=O) groups excluding carboxylic acids is 1. The van der Waals surface area contributed by atoms with Crippen LogP contribution in [-0.4, -0.2) is 5.78 Å². The van der Waals surface area contributed by atoms with Gasteiger partial charge in [-0.25, -0.2) is 0 Å². The first-order chi connectivity index (χ1) is 5.13. The lowest BCUT2D eigenvalue weighted by Crippen LogP contribution is -1.80. The highest BCUT2D eigenvalue weighted by Crippen LogP contribution is 2.03. The van der Waals surface area contributed by atoms with Gasteiger partial charge in [0.25, 0.3) is 0 Å². The monoisotopic (exact) mass is 152 g/mol. The maximum atomic E-state index is 10.4. The van der Waals surface area contributed by atoms with E-state index in [1.165, 1.54) is 5.57 Å². The Morgan fingerprint density at radius 2 is 2.09 bits per heavy atom. The summed E-state index contributed by atoms with van der Waals surface area (Å²) >= 11 is 0. The third kappa shape index (κ3) is 9.15. The van der Waals surface area contributed by atoms with Crippen molar-refractivity contribution < 1.29 is 4.79 Å². The SMILES string of the molecule is C=C(C)CCC/C=C/C(C)=O. The minimum absolute atomic E-state index is 0.125. The largest absolute Gasteiger partial charge is 0.295 e. The van der Waals surface area contributed by atoms with Crippen LogP contribution < -0.4 is 0 Å². The molecule has 0 rings (SSSR count). The molecule has 0 heterocycles. The van der Waals surface area contributed by atoms with E-state index >= 15 is 0 Å². The summed E-state index contributed by atoms with van der Waals surface area (Å²) < 4.78 is 0. The second-order valence-corrected chi connectivity index (χ2v) is 2.86. The second kappa shape index (κ2) is 5.90. The summed E-state index contributed by atoms with van der Waals surface area (Å²) in [6, 6.07) is 0. The van der Waals surface area contributed by atoms with Crippen LogP contribution in [0.5, 0.6) is 0 Å². The van der Waals surface area contributed by atoms with Crippen molar-refractivity contribution in [3.8, 4) is 0 Å². The van der Waals surface area contributed by atoms with E-state index in [0.29, 0.717) is 0 Å². The molecule has 62 valence electrons. The Kier molecular flexibility index (Phi) is 5.44. The minimum atomic E-state index is 0.125. The summed E-state index contributed by atoms with van der Waals surface area (Å²) in [5.41, 5.74) is 1.21. The highest BCUT2D eigenvalue weighted by Gasteiger charge is 1.85. The zero-order chi connectivity index (χ0) is 8.69. The van der Waals surface area contributed by atoms with E-state index in [0.717, 1.165) is 19.3 Å². The first-order valence-electron chi connectivity index (χ1n) is 3.94. The highest BCUT2D eigenvalue weighted by molar-refractivity contribution is 5.87. The number of carbonyl (C=O) groups is 1. The summed E-state index contributed by atoms with van der Waals surface area (Å²) in [5.74, 6) is 0.125. The van der Waals surface area contributed by atoms with Gasteiger partial charge < -0.3 is 0 Å². The Labute approximate surface area is 68.8 Å². The van der Waals surface area contributed by atoms with Crippen molar-refractivity contribution in [2.45, 2.75) is 33.1 Å². The van der Waals surface area contributed by atoms with E-state index in [1.54, 1.807) is 13.0 Å². The first-order valence-corrected chi connectivity index (χ1v) is 3.94. The van der Waals surface area contributed by atoms with Crippen molar-refractivity contribution in [2.75, 3.05) is 0 Å². The lowest BCUT2D eigenvalue weighted by atomic mass is 10.1. The Morgan fingerprint density at radius 3 is 2.55 bits per heavy atom. The van der Waals surface area contributed by atoms with Gasteiger partial charge in [-0.2, -0.15) is 0 Å². The van der Waals surface area contributed by atoms with Crippen molar-refractivity contribution in [3.05, 3.63) is 24.3 Å². The fourth-order valence-corrected chi connectivity index (χ4v) is 0.771. The van der Waals surface area contributed by atoms with E-state index < -0.39 is 0 Å². The molecule has 0 aromatic heterocycles. The molecule has 0 radical (unpaired) electrons. The normalized spacial score (nSPS) is 10.4. The molecule has 0 N–H and O–H groups in total. The van der Waals surface area contributed by atoms with Crippen LogP contribution in [0.3, 0.4) is 0 Å². The van der Waals surface area contributed by atoms with Gasteiger partial charge in [0.05, 0.1) is 0 Å². The number of unbranched alkanes of at least 4 members (excludes halogenated alkanes) is 1. The quantitative estimate of drug-likeness (QED) is 0.336. The molecule has 0 aliphatic rings. The molecule has 1 nitrogen and oxygen atoms in total. The molecular formula is C10H16O. The zero-order valence-corrected chi connectivity index (χ0v) is 7.39. The van der Waals surface area contributed by atoms with E-state index in [-0.39, 0.29) is 5.78 Å². The lowest BCUT2D eigenvalue weighted by Gasteiger charge is -1.93. The van der Waals surface area contributed by atoms with Gasteiger partial charge in [-0.05, 0) is 39.2 Å². The van der Waals surface area contributed by atoms with Gasteiger partial charge in [0.2, 0.25) is 0 Å². The fraction of sp³-hybridized carbons (Fsp3) is 0.500. The highest BCUT2D eigenvalue weighted by atomic mass is 16.1. The molecule has 0 spiro atoms. The van der Waals surface area contributed by atoms with Gasteiger partial charge in [-0.15, -0.1) is 6.58 Å². The molecule has 1 heteroatoms. The maximum absolute atomic E-state index is 10.4. The molecule has 11 heavy (non-hydrogen) atoms. The van der Waals surface area contributed by atoms with Crippen LogP contribution in [0, 0.1) is 0 Å². The number of hydrogen-bond donors (Lipinski definition) is 0. The Balaban J connectivity index is 3.27. The van der Waals surface area contributed by atoms with Crippen molar-refractivity contribution in [2.24, 2.45) is 0 Å². The standard InChI is InChI=1S/C10H16O/c1-9(2)7-5-4-6-8-10(3)11/h6,8H,1,4-5,7H2,2-3H3/b8-6+. The van der Waals surface area contributed by atoms with E-state index in [2.05, 4.69) is 6.58 Å². The predicted octanol–water partition coefficient (Wildman–Crippen LogP) is 2.88. The Bertz CT molecular complexity index is 166. The number of hydrogen-bond acceptors (Lipinski definition) is 1. The van der Waals surface area contributed by atoms with Crippen molar-refractivity contribution in [1.29, 1.82) is 0 Å². The van der Waals surface area contributed by atoms with Crippen LogP contribution in [0.25, 0.3) is 0 Å². The molecular weight excluding hydrogens is 136 g/mol. The number of rotatable bonds is 5. The van der Waals surface area contributed by atoms with Gasteiger partial charge in [0, 0.05) is 0 Å². The second-order valence-electron chi connectivity index (χ2n) is 2.86. The zero-order valence-electron chi connectivity index (χ0n) is 7.39. The molecule has 0 aliphatic heterocycles. The fourth-order valence-electron chi connectivity index (χ4n) is 0.771. The summed E-state index contributed by atoms with van der Waals surface area (Å²) in [5, 5.41) is 0. The van der Waals surface area contributed by atoms with Crippen molar-refractivity contribution >= 4 is 5.78 Å². The first kappa shape index (κ1) is 10.2. The average Bonchev–Trinajstić information content (AvgIpc) is 1.85. The van der Waals surface area contributed by atoms with Crippen LogP contribution in [-0.2, 0) is 4.79 Å². The summed E-state index contributed by atoms with van der Waals surface area (Å²) in [6.07, 6.45) is 6.68. The van der Waals surface area contributed by atoms with E-state index in [4.69, 9.17) is 0 Å². The number of ketones is 1. The van der Waals surface area contributed by atoms with Gasteiger partial charge in [-0.3, -0.25) is 4.79 Å². The molecule has 0 saturated heterocycles. The Morgan fingerprint density at radius 1 is 1.45 bits per heavy atom. The van der Waals surface area contributed by atoms with Gasteiger partial charge >= 0.3 is 0 Å². The maximum Gasteiger partial charge on any atom is 0.152 e. The Hall–Kier alpha value is -0.850. The van der Waals surface area contributed by atoms with Crippen LogP contribution in [0.1, 0.15) is 33.1 Å². The third-order valence-corrected chi connectivity index (χ3v) is 1.33. The minimum Gasteiger partial charge on any atom is -0.295 e. The smallest absolute Gasteiger partial charge is 0.152 e. The molecule has 0 amide bonds.